The molecule has 7 heteroatoms. The van der Waals surface area contributed by atoms with E-state index in [4.69, 9.17) is 30.6 Å². The van der Waals surface area contributed by atoms with Crippen molar-refractivity contribution in [3.05, 3.63) is 28.8 Å². The van der Waals surface area contributed by atoms with Gasteiger partial charge in [0.25, 0.3) is 0 Å². The van der Waals surface area contributed by atoms with Crippen LogP contribution < -0.4 is 4.74 Å². The number of hydrogen-bond donors (Lipinski definition) is 0. The van der Waals surface area contributed by atoms with Gasteiger partial charge in [-0.3, -0.25) is 0 Å². The summed E-state index contributed by atoms with van der Waals surface area (Å²) in [7, 11) is 1.38. The monoisotopic (exact) mass is 395 g/mol. The third kappa shape index (κ3) is 5.36. The lowest BCUT2D eigenvalue weighted by Crippen LogP contribution is -2.31. The van der Waals surface area contributed by atoms with Gasteiger partial charge in [0.1, 0.15) is 24.2 Å². The molecule has 6 nitrogen and oxygen atoms in total. The predicted octanol–water partition coefficient (Wildman–Crippen LogP) is 3.98. The van der Waals surface area contributed by atoms with Crippen molar-refractivity contribution in [3.8, 4) is 5.75 Å². The first-order chi connectivity index (χ1) is 13.1. The fourth-order valence-corrected chi connectivity index (χ4v) is 3.14. The lowest BCUT2D eigenvalue weighted by Gasteiger charge is -2.20. The lowest BCUT2D eigenvalue weighted by atomic mass is 10.0. The maximum absolute atomic E-state index is 12.2. The molecule has 27 heavy (non-hydrogen) atoms. The summed E-state index contributed by atoms with van der Waals surface area (Å²) >= 11 is 6.21. The van der Waals surface area contributed by atoms with Gasteiger partial charge in [-0.1, -0.05) is 42.9 Å². The molecule has 0 spiro atoms. The Morgan fingerprint density at radius 2 is 2.22 bits per heavy atom. The van der Waals surface area contributed by atoms with Gasteiger partial charge in [-0.05, 0) is 37.0 Å². The summed E-state index contributed by atoms with van der Waals surface area (Å²) in [6.45, 7) is 3.10. The standard InChI is InChI=1S/C20H26ClNO5/c1-3-4-9-25-18-12-26-22-19(18)15-11-14(21)7-8-16(15)27-17(20(23)24-2)10-13-5-6-13/h7-8,11,13,17-18H,3-6,9-10,12H2,1-2H3. The van der Waals surface area contributed by atoms with E-state index in [0.717, 1.165) is 25.7 Å². The lowest BCUT2D eigenvalue weighted by molar-refractivity contribution is -0.149. The van der Waals surface area contributed by atoms with Gasteiger partial charge in [0.05, 0.1) is 7.11 Å². The molecule has 1 saturated carbocycles. The van der Waals surface area contributed by atoms with Crippen molar-refractivity contribution in [1.82, 2.24) is 0 Å². The van der Waals surface area contributed by atoms with Crippen LogP contribution in [0.1, 0.15) is 44.6 Å². The van der Waals surface area contributed by atoms with Gasteiger partial charge in [0.15, 0.2) is 6.10 Å². The third-order valence-corrected chi connectivity index (χ3v) is 4.94. The van der Waals surface area contributed by atoms with Crippen LogP contribution in [0.5, 0.6) is 5.75 Å². The molecule has 3 rings (SSSR count). The SMILES string of the molecule is CCCCOC1CON=C1c1cc(Cl)ccc1OC(CC1CC1)C(=O)OC. The molecule has 1 heterocycles. The van der Waals surface area contributed by atoms with Crippen molar-refractivity contribution in [1.29, 1.82) is 0 Å². The molecule has 0 amide bonds. The smallest absolute Gasteiger partial charge is 0.347 e. The number of carbonyl (C=O) groups is 1. The average molecular weight is 396 g/mol. The van der Waals surface area contributed by atoms with E-state index in [0.29, 0.717) is 47.6 Å². The second-order valence-corrected chi connectivity index (χ2v) is 7.37. The summed E-state index contributed by atoms with van der Waals surface area (Å²) in [5.41, 5.74) is 1.32. The Kier molecular flexibility index (Phi) is 6.96. The summed E-state index contributed by atoms with van der Waals surface area (Å²) in [6, 6.07) is 5.26. The Morgan fingerprint density at radius 3 is 2.93 bits per heavy atom. The van der Waals surface area contributed by atoms with Crippen molar-refractivity contribution in [2.75, 3.05) is 20.3 Å². The minimum absolute atomic E-state index is 0.280. The van der Waals surface area contributed by atoms with E-state index in [1.807, 2.05) is 0 Å². The van der Waals surface area contributed by atoms with Crippen molar-refractivity contribution < 1.29 is 23.8 Å². The van der Waals surface area contributed by atoms with Gasteiger partial charge >= 0.3 is 5.97 Å². The highest BCUT2D eigenvalue weighted by Crippen LogP contribution is 2.36. The van der Waals surface area contributed by atoms with E-state index >= 15 is 0 Å². The van der Waals surface area contributed by atoms with Crippen LogP contribution in [0.3, 0.4) is 0 Å². The zero-order valence-electron chi connectivity index (χ0n) is 15.8. The number of oxime groups is 1. The summed E-state index contributed by atoms with van der Waals surface area (Å²) in [5.74, 6) is 0.675. The van der Waals surface area contributed by atoms with E-state index in [9.17, 15) is 4.79 Å². The molecule has 1 aromatic carbocycles. The van der Waals surface area contributed by atoms with Crippen LogP contribution in [0.25, 0.3) is 0 Å². The van der Waals surface area contributed by atoms with Gasteiger partial charge < -0.3 is 19.0 Å². The second-order valence-electron chi connectivity index (χ2n) is 6.93. The summed E-state index contributed by atoms with van der Waals surface area (Å²) in [5, 5.41) is 4.70. The van der Waals surface area contributed by atoms with E-state index in [1.165, 1.54) is 7.11 Å². The highest BCUT2D eigenvalue weighted by atomic mass is 35.5. The van der Waals surface area contributed by atoms with Gasteiger partial charge in [-0.15, -0.1) is 0 Å². The molecule has 1 aromatic rings. The quantitative estimate of drug-likeness (QED) is 0.443. The fourth-order valence-electron chi connectivity index (χ4n) is 2.97. The zero-order valence-corrected chi connectivity index (χ0v) is 16.5. The molecule has 1 aliphatic heterocycles. The number of rotatable bonds is 10. The maximum Gasteiger partial charge on any atom is 0.347 e. The maximum atomic E-state index is 12.2. The van der Waals surface area contributed by atoms with E-state index in [-0.39, 0.29) is 12.1 Å². The van der Waals surface area contributed by atoms with Gasteiger partial charge in [-0.25, -0.2) is 4.79 Å². The minimum Gasteiger partial charge on any atom is -0.478 e. The Hall–Kier alpha value is -1.79. The van der Waals surface area contributed by atoms with E-state index in [2.05, 4.69) is 12.1 Å². The highest BCUT2D eigenvalue weighted by Gasteiger charge is 2.33. The largest absolute Gasteiger partial charge is 0.478 e. The molecule has 2 aliphatic rings. The summed E-state index contributed by atoms with van der Waals surface area (Å²) in [4.78, 5) is 17.4. The van der Waals surface area contributed by atoms with Crippen LogP contribution in [-0.4, -0.2) is 44.2 Å². The number of ether oxygens (including phenoxy) is 3. The Labute approximate surface area is 164 Å². The molecule has 2 unspecified atom stereocenters. The number of esters is 1. The van der Waals surface area contributed by atoms with Gasteiger partial charge in [-0.2, -0.15) is 0 Å². The Bertz CT molecular complexity index is 689. The molecule has 1 fully saturated rings. The first-order valence-corrected chi connectivity index (χ1v) is 9.86. The topological polar surface area (TPSA) is 66.3 Å². The number of carbonyl (C=O) groups excluding carboxylic acids is 1. The highest BCUT2D eigenvalue weighted by molar-refractivity contribution is 6.31. The number of methoxy groups -OCH3 is 1. The number of hydrogen-bond acceptors (Lipinski definition) is 6. The number of nitrogens with zero attached hydrogens (tertiary/aromatic N) is 1. The van der Waals surface area contributed by atoms with Crippen LogP contribution in [0.2, 0.25) is 5.02 Å². The Balaban J connectivity index is 1.80. The number of benzene rings is 1. The molecular formula is C20H26ClNO5. The van der Waals surface area contributed by atoms with E-state index in [1.54, 1.807) is 18.2 Å². The van der Waals surface area contributed by atoms with Crippen molar-refractivity contribution in [3.63, 3.8) is 0 Å². The molecule has 148 valence electrons. The number of unbranched alkanes of at least 4 members (excludes halogenated alkanes) is 1. The molecule has 0 N–H and O–H groups in total. The Morgan fingerprint density at radius 1 is 1.41 bits per heavy atom. The van der Waals surface area contributed by atoms with Crippen molar-refractivity contribution in [2.45, 2.75) is 51.2 Å². The molecule has 2 atom stereocenters. The minimum atomic E-state index is -0.648. The van der Waals surface area contributed by atoms with Crippen molar-refractivity contribution in [2.24, 2.45) is 11.1 Å². The third-order valence-electron chi connectivity index (χ3n) is 4.71. The van der Waals surface area contributed by atoms with Crippen LogP contribution in [0.15, 0.2) is 23.4 Å². The molecule has 0 bridgehead atoms. The van der Waals surface area contributed by atoms with Gasteiger partial charge in [0.2, 0.25) is 0 Å². The van der Waals surface area contributed by atoms with Crippen molar-refractivity contribution >= 4 is 23.3 Å². The molecule has 0 radical (unpaired) electrons. The normalized spacial score (nSPS) is 20.0. The zero-order chi connectivity index (χ0) is 19.2. The summed E-state index contributed by atoms with van der Waals surface area (Å²) < 4.78 is 16.9. The molecule has 0 aromatic heterocycles. The van der Waals surface area contributed by atoms with Crippen LogP contribution in [0, 0.1) is 5.92 Å². The van der Waals surface area contributed by atoms with E-state index < -0.39 is 6.10 Å². The fraction of sp³-hybridized carbons (Fsp3) is 0.600. The summed E-state index contributed by atoms with van der Waals surface area (Å²) in [6.07, 6.45) is 3.98. The first-order valence-electron chi connectivity index (χ1n) is 9.48. The van der Waals surface area contributed by atoms with Gasteiger partial charge in [0, 0.05) is 17.2 Å². The van der Waals surface area contributed by atoms with Crippen LogP contribution in [0.4, 0.5) is 0 Å². The molecule has 1 aliphatic carbocycles. The predicted molar refractivity (Wildman–Crippen MR) is 102 cm³/mol. The average Bonchev–Trinajstić information content (AvgIpc) is 3.37. The van der Waals surface area contributed by atoms with Crippen LogP contribution >= 0.6 is 11.6 Å². The second kappa shape index (κ2) is 9.42. The molecular weight excluding hydrogens is 370 g/mol. The number of halogens is 1. The first kappa shape index (κ1) is 20.0. The van der Waals surface area contributed by atoms with Crippen LogP contribution in [-0.2, 0) is 19.1 Å². The molecule has 0 saturated heterocycles.